The number of carbonyl (C=O) groups is 1. The molecule has 0 saturated heterocycles. The van der Waals surface area contributed by atoms with Crippen molar-refractivity contribution in [2.24, 2.45) is 0 Å². The van der Waals surface area contributed by atoms with Gasteiger partial charge in [0.25, 0.3) is 5.91 Å². The minimum atomic E-state index is -0.0380. The van der Waals surface area contributed by atoms with Gasteiger partial charge in [0.15, 0.2) is 0 Å². The van der Waals surface area contributed by atoms with Gasteiger partial charge in [0.1, 0.15) is 18.1 Å². The van der Waals surface area contributed by atoms with Crippen LogP contribution in [0.3, 0.4) is 0 Å². The molecule has 0 heterocycles. The SMILES string of the molecule is COc1ccc(C(=O)N(C)Cc2ccccc2)cc1COc1ccc(C)c(C)c1. The predicted molar refractivity (Wildman–Crippen MR) is 115 cm³/mol. The topological polar surface area (TPSA) is 38.8 Å². The fraction of sp³-hybridized carbons (Fsp3) is 0.240. The number of ether oxygens (including phenoxy) is 2. The lowest BCUT2D eigenvalue weighted by Gasteiger charge is -2.19. The Morgan fingerprint density at radius 2 is 1.69 bits per heavy atom. The first-order chi connectivity index (χ1) is 14.0. The number of carbonyl (C=O) groups excluding carboxylic acids is 1. The predicted octanol–water partition coefficient (Wildman–Crippen LogP) is 5.16. The van der Waals surface area contributed by atoms with Gasteiger partial charge in [-0.25, -0.2) is 0 Å². The zero-order valence-corrected chi connectivity index (χ0v) is 17.4. The molecule has 0 radical (unpaired) electrons. The summed E-state index contributed by atoms with van der Waals surface area (Å²) < 4.78 is 11.4. The van der Waals surface area contributed by atoms with Crippen molar-refractivity contribution in [2.45, 2.75) is 27.0 Å². The average molecular weight is 389 g/mol. The fourth-order valence-electron chi connectivity index (χ4n) is 3.14. The molecule has 0 spiro atoms. The largest absolute Gasteiger partial charge is 0.496 e. The van der Waals surface area contributed by atoms with Crippen LogP contribution in [0.1, 0.15) is 32.6 Å². The summed E-state index contributed by atoms with van der Waals surface area (Å²) in [5.74, 6) is 1.47. The monoisotopic (exact) mass is 389 g/mol. The molecular formula is C25H27NO3. The van der Waals surface area contributed by atoms with E-state index in [0.717, 1.165) is 16.9 Å². The van der Waals surface area contributed by atoms with Crippen LogP contribution in [-0.4, -0.2) is 25.0 Å². The van der Waals surface area contributed by atoms with Crippen LogP contribution in [0.2, 0.25) is 0 Å². The second-order valence-electron chi connectivity index (χ2n) is 7.21. The third kappa shape index (κ3) is 5.17. The number of hydrogen-bond donors (Lipinski definition) is 0. The number of methoxy groups -OCH3 is 1. The zero-order chi connectivity index (χ0) is 20.8. The number of hydrogen-bond acceptors (Lipinski definition) is 3. The Bertz CT molecular complexity index is 983. The van der Waals surface area contributed by atoms with Gasteiger partial charge in [0, 0.05) is 24.7 Å². The van der Waals surface area contributed by atoms with Gasteiger partial charge in [-0.3, -0.25) is 4.79 Å². The van der Waals surface area contributed by atoms with Crippen LogP contribution in [0.25, 0.3) is 0 Å². The summed E-state index contributed by atoms with van der Waals surface area (Å²) in [5, 5.41) is 0. The highest BCUT2D eigenvalue weighted by Gasteiger charge is 2.15. The highest BCUT2D eigenvalue weighted by Crippen LogP contribution is 2.24. The third-order valence-electron chi connectivity index (χ3n) is 5.01. The molecule has 0 atom stereocenters. The Kier molecular flexibility index (Phi) is 6.55. The Hall–Kier alpha value is -3.27. The molecule has 0 N–H and O–H groups in total. The molecule has 3 rings (SSSR count). The van der Waals surface area contributed by atoms with Crippen molar-refractivity contribution in [1.29, 1.82) is 0 Å². The van der Waals surface area contributed by atoms with Gasteiger partial charge < -0.3 is 14.4 Å². The van der Waals surface area contributed by atoms with Gasteiger partial charge in [-0.1, -0.05) is 36.4 Å². The minimum absolute atomic E-state index is 0.0380. The summed E-state index contributed by atoms with van der Waals surface area (Å²) in [4.78, 5) is 14.6. The fourth-order valence-corrected chi connectivity index (χ4v) is 3.14. The molecule has 4 nitrogen and oxygen atoms in total. The first-order valence-corrected chi connectivity index (χ1v) is 9.64. The molecular weight excluding hydrogens is 362 g/mol. The highest BCUT2D eigenvalue weighted by atomic mass is 16.5. The summed E-state index contributed by atoms with van der Waals surface area (Å²) in [5.41, 5.74) is 4.95. The van der Waals surface area contributed by atoms with Gasteiger partial charge in [0.2, 0.25) is 0 Å². The van der Waals surface area contributed by atoms with Crippen molar-refractivity contribution in [2.75, 3.05) is 14.2 Å². The summed E-state index contributed by atoms with van der Waals surface area (Å²) in [7, 11) is 3.43. The van der Waals surface area contributed by atoms with Crippen LogP contribution in [0, 0.1) is 13.8 Å². The van der Waals surface area contributed by atoms with Crippen LogP contribution in [0.4, 0.5) is 0 Å². The van der Waals surface area contributed by atoms with E-state index in [9.17, 15) is 4.79 Å². The van der Waals surface area contributed by atoms with Crippen molar-refractivity contribution in [3.63, 3.8) is 0 Å². The molecule has 0 aliphatic heterocycles. The first-order valence-electron chi connectivity index (χ1n) is 9.64. The Morgan fingerprint density at radius 3 is 2.38 bits per heavy atom. The standard InChI is InChI=1S/C25H27NO3/c1-18-10-12-23(14-19(18)2)29-17-22-15-21(11-13-24(22)28-4)25(27)26(3)16-20-8-6-5-7-9-20/h5-15H,16-17H2,1-4H3. The molecule has 0 aromatic heterocycles. The Labute approximate surface area is 172 Å². The first kappa shape index (κ1) is 20.5. The van der Waals surface area contributed by atoms with E-state index in [0.29, 0.717) is 24.5 Å². The van der Waals surface area contributed by atoms with E-state index in [4.69, 9.17) is 9.47 Å². The summed E-state index contributed by atoms with van der Waals surface area (Å²) >= 11 is 0. The van der Waals surface area contributed by atoms with E-state index in [1.807, 2.05) is 67.7 Å². The van der Waals surface area contributed by atoms with E-state index >= 15 is 0 Å². The summed E-state index contributed by atoms with van der Waals surface area (Å²) in [6.07, 6.45) is 0. The maximum atomic E-state index is 12.9. The van der Waals surface area contributed by atoms with Crippen LogP contribution in [0.5, 0.6) is 11.5 Å². The van der Waals surface area contributed by atoms with Crippen molar-refractivity contribution in [3.05, 3.63) is 94.5 Å². The van der Waals surface area contributed by atoms with E-state index in [2.05, 4.69) is 13.8 Å². The molecule has 1 amide bonds. The van der Waals surface area contributed by atoms with Gasteiger partial charge in [-0.15, -0.1) is 0 Å². The van der Waals surface area contributed by atoms with Crippen LogP contribution < -0.4 is 9.47 Å². The summed E-state index contributed by atoms with van der Waals surface area (Å²) in [6, 6.07) is 21.4. The van der Waals surface area contributed by atoms with Gasteiger partial charge >= 0.3 is 0 Å². The lowest BCUT2D eigenvalue weighted by Crippen LogP contribution is -2.26. The lowest BCUT2D eigenvalue weighted by molar-refractivity contribution is 0.0785. The molecule has 0 aliphatic rings. The molecule has 150 valence electrons. The van der Waals surface area contributed by atoms with Gasteiger partial charge in [-0.2, -0.15) is 0 Å². The second kappa shape index (κ2) is 9.28. The molecule has 0 fully saturated rings. The van der Waals surface area contributed by atoms with Crippen LogP contribution >= 0.6 is 0 Å². The number of aryl methyl sites for hydroxylation is 2. The maximum absolute atomic E-state index is 12.9. The molecule has 3 aromatic carbocycles. The molecule has 29 heavy (non-hydrogen) atoms. The molecule has 0 aliphatic carbocycles. The molecule has 0 saturated carbocycles. The van der Waals surface area contributed by atoms with Crippen LogP contribution in [-0.2, 0) is 13.2 Å². The number of rotatable bonds is 7. The zero-order valence-electron chi connectivity index (χ0n) is 17.4. The Morgan fingerprint density at radius 1 is 0.931 bits per heavy atom. The number of nitrogens with zero attached hydrogens (tertiary/aromatic N) is 1. The smallest absolute Gasteiger partial charge is 0.253 e. The number of amides is 1. The van der Waals surface area contributed by atoms with E-state index in [-0.39, 0.29) is 5.91 Å². The van der Waals surface area contributed by atoms with Crippen LogP contribution in [0.15, 0.2) is 66.7 Å². The highest BCUT2D eigenvalue weighted by molar-refractivity contribution is 5.94. The maximum Gasteiger partial charge on any atom is 0.253 e. The third-order valence-corrected chi connectivity index (χ3v) is 5.01. The van der Waals surface area contributed by atoms with Crippen molar-refractivity contribution in [1.82, 2.24) is 4.90 Å². The minimum Gasteiger partial charge on any atom is -0.496 e. The quantitative estimate of drug-likeness (QED) is 0.560. The van der Waals surface area contributed by atoms with E-state index < -0.39 is 0 Å². The summed E-state index contributed by atoms with van der Waals surface area (Å²) in [6.45, 7) is 5.02. The van der Waals surface area contributed by atoms with Gasteiger partial charge in [0.05, 0.1) is 7.11 Å². The van der Waals surface area contributed by atoms with E-state index in [1.165, 1.54) is 11.1 Å². The molecule has 0 unspecified atom stereocenters. The molecule has 4 heteroatoms. The second-order valence-corrected chi connectivity index (χ2v) is 7.21. The number of benzene rings is 3. The lowest BCUT2D eigenvalue weighted by atomic mass is 10.1. The van der Waals surface area contributed by atoms with Gasteiger partial charge in [-0.05, 0) is 60.9 Å². The van der Waals surface area contributed by atoms with Crippen molar-refractivity contribution >= 4 is 5.91 Å². The van der Waals surface area contributed by atoms with Crippen molar-refractivity contribution in [3.8, 4) is 11.5 Å². The van der Waals surface area contributed by atoms with E-state index in [1.54, 1.807) is 18.1 Å². The molecule has 3 aromatic rings. The average Bonchev–Trinajstić information content (AvgIpc) is 2.74. The normalized spacial score (nSPS) is 10.5. The van der Waals surface area contributed by atoms with Crippen molar-refractivity contribution < 1.29 is 14.3 Å². The molecule has 0 bridgehead atoms. The Balaban J connectivity index is 1.75.